The standard InChI is InChI=1S/C27H32O2/c1-20-14-15-27(18-22-8-5-4-6-9-22)19-24(29-3)17-26(27)25(20)13-12-21-10-7-11-23(16-21)28-2/h4-11,14,16,24H,12-13,15,17-19H2,1-3H3/t24-,27+/m0/s1. The first kappa shape index (κ1) is 20.0. The monoisotopic (exact) mass is 388 g/mol. The fourth-order valence-corrected chi connectivity index (χ4v) is 5.28. The van der Waals surface area contributed by atoms with Crippen LogP contribution in [-0.4, -0.2) is 20.3 Å². The number of fused-ring (bicyclic) bond motifs is 1. The highest BCUT2D eigenvalue weighted by Crippen LogP contribution is 2.54. The summed E-state index contributed by atoms with van der Waals surface area (Å²) in [6.07, 6.45) is 9.37. The highest BCUT2D eigenvalue weighted by Gasteiger charge is 2.45. The molecule has 0 unspecified atom stereocenters. The Morgan fingerprint density at radius 2 is 1.76 bits per heavy atom. The van der Waals surface area contributed by atoms with Crippen LogP contribution in [0, 0.1) is 5.41 Å². The Morgan fingerprint density at radius 3 is 2.52 bits per heavy atom. The van der Waals surface area contributed by atoms with Gasteiger partial charge in [-0.2, -0.15) is 0 Å². The van der Waals surface area contributed by atoms with Gasteiger partial charge in [-0.1, -0.05) is 59.7 Å². The quantitative estimate of drug-likeness (QED) is 0.553. The lowest BCUT2D eigenvalue weighted by Gasteiger charge is -2.36. The maximum atomic E-state index is 5.87. The van der Waals surface area contributed by atoms with Gasteiger partial charge in [0.2, 0.25) is 0 Å². The highest BCUT2D eigenvalue weighted by atomic mass is 16.5. The van der Waals surface area contributed by atoms with Crippen LogP contribution in [0.4, 0.5) is 0 Å². The van der Waals surface area contributed by atoms with Crippen LogP contribution in [0.1, 0.15) is 43.7 Å². The molecule has 2 aromatic carbocycles. The maximum Gasteiger partial charge on any atom is 0.119 e. The van der Waals surface area contributed by atoms with Crippen LogP contribution in [-0.2, 0) is 17.6 Å². The third-order valence-corrected chi connectivity index (χ3v) is 6.85. The summed E-state index contributed by atoms with van der Waals surface area (Å²) in [5.41, 5.74) is 7.66. The lowest BCUT2D eigenvalue weighted by molar-refractivity contribution is 0.0951. The Kier molecular flexibility index (Phi) is 5.91. The smallest absolute Gasteiger partial charge is 0.119 e. The molecule has 152 valence electrons. The Bertz CT molecular complexity index is 909. The summed E-state index contributed by atoms with van der Waals surface area (Å²) in [7, 11) is 3.61. The van der Waals surface area contributed by atoms with Gasteiger partial charge in [-0.3, -0.25) is 0 Å². The Morgan fingerprint density at radius 1 is 0.966 bits per heavy atom. The molecule has 2 aliphatic carbocycles. The van der Waals surface area contributed by atoms with Crippen LogP contribution in [0.25, 0.3) is 0 Å². The molecule has 0 heterocycles. The van der Waals surface area contributed by atoms with E-state index < -0.39 is 0 Å². The molecule has 0 amide bonds. The fourth-order valence-electron chi connectivity index (χ4n) is 5.28. The fraction of sp³-hybridized carbons (Fsp3) is 0.407. The van der Waals surface area contributed by atoms with E-state index in [2.05, 4.69) is 61.5 Å². The van der Waals surface area contributed by atoms with Crippen LogP contribution in [0.5, 0.6) is 5.75 Å². The minimum Gasteiger partial charge on any atom is -0.497 e. The van der Waals surface area contributed by atoms with Gasteiger partial charge in [0, 0.05) is 12.5 Å². The molecule has 29 heavy (non-hydrogen) atoms. The van der Waals surface area contributed by atoms with E-state index >= 15 is 0 Å². The van der Waals surface area contributed by atoms with Gasteiger partial charge < -0.3 is 9.47 Å². The summed E-state index contributed by atoms with van der Waals surface area (Å²) in [4.78, 5) is 0. The summed E-state index contributed by atoms with van der Waals surface area (Å²) >= 11 is 0. The zero-order valence-electron chi connectivity index (χ0n) is 17.9. The van der Waals surface area contributed by atoms with Gasteiger partial charge in [-0.05, 0) is 74.3 Å². The van der Waals surface area contributed by atoms with E-state index in [1.54, 1.807) is 18.3 Å². The molecule has 2 nitrogen and oxygen atoms in total. The van der Waals surface area contributed by atoms with Crippen LogP contribution >= 0.6 is 0 Å². The van der Waals surface area contributed by atoms with Crippen molar-refractivity contribution in [2.45, 2.75) is 51.6 Å². The first-order valence-electron chi connectivity index (χ1n) is 10.7. The molecule has 2 heteroatoms. The predicted octanol–water partition coefficient (Wildman–Crippen LogP) is 6.31. The van der Waals surface area contributed by atoms with Crippen molar-refractivity contribution in [3.8, 4) is 5.75 Å². The zero-order chi connectivity index (χ0) is 20.3. The van der Waals surface area contributed by atoms with Crippen molar-refractivity contribution in [1.29, 1.82) is 0 Å². The molecule has 0 aromatic heterocycles. The van der Waals surface area contributed by atoms with Gasteiger partial charge >= 0.3 is 0 Å². The molecule has 1 fully saturated rings. The van der Waals surface area contributed by atoms with Crippen molar-refractivity contribution < 1.29 is 9.47 Å². The topological polar surface area (TPSA) is 18.5 Å². The molecule has 0 saturated heterocycles. The van der Waals surface area contributed by atoms with Gasteiger partial charge in [-0.15, -0.1) is 0 Å². The second kappa shape index (κ2) is 8.59. The Hall–Kier alpha value is -2.32. The van der Waals surface area contributed by atoms with Crippen molar-refractivity contribution in [1.82, 2.24) is 0 Å². The number of ether oxygens (including phenoxy) is 2. The molecule has 1 saturated carbocycles. The number of methoxy groups -OCH3 is 2. The molecule has 2 aliphatic rings. The van der Waals surface area contributed by atoms with Gasteiger partial charge in [0.05, 0.1) is 13.2 Å². The molecule has 0 spiro atoms. The van der Waals surface area contributed by atoms with Gasteiger partial charge in [0.15, 0.2) is 0 Å². The number of benzene rings is 2. The van der Waals surface area contributed by atoms with E-state index in [0.29, 0.717) is 6.10 Å². The lowest BCUT2D eigenvalue weighted by atomic mass is 9.68. The summed E-state index contributed by atoms with van der Waals surface area (Å²) in [6, 6.07) is 19.4. The third-order valence-electron chi connectivity index (χ3n) is 6.85. The van der Waals surface area contributed by atoms with Crippen LogP contribution < -0.4 is 4.74 Å². The van der Waals surface area contributed by atoms with Gasteiger partial charge in [0.25, 0.3) is 0 Å². The van der Waals surface area contributed by atoms with Crippen LogP contribution in [0.3, 0.4) is 0 Å². The average Bonchev–Trinajstić information content (AvgIpc) is 3.13. The van der Waals surface area contributed by atoms with Crippen molar-refractivity contribution in [2.24, 2.45) is 5.41 Å². The van der Waals surface area contributed by atoms with Crippen molar-refractivity contribution in [2.75, 3.05) is 14.2 Å². The van der Waals surface area contributed by atoms with E-state index in [1.165, 1.54) is 16.7 Å². The van der Waals surface area contributed by atoms with E-state index in [9.17, 15) is 0 Å². The molecule has 2 aromatic rings. The van der Waals surface area contributed by atoms with E-state index in [0.717, 1.165) is 44.3 Å². The molecular weight excluding hydrogens is 356 g/mol. The minimum absolute atomic E-state index is 0.214. The highest BCUT2D eigenvalue weighted by molar-refractivity contribution is 5.45. The second-order valence-electron chi connectivity index (χ2n) is 8.61. The molecular formula is C27H32O2. The molecule has 0 radical (unpaired) electrons. The van der Waals surface area contributed by atoms with Crippen LogP contribution in [0.15, 0.2) is 77.4 Å². The number of hydrogen-bond acceptors (Lipinski definition) is 2. The second-order valence-corrected chi connectivity index (χ2v) is 8.61. The first-order valence-corrected chi connectivity index (χ1v) is 10.7. The summed E-state index contributed by atoms with van der Waals surface area (Å²) in [5, 5.41) is 0. The normalized spacial score (nSPS) is 23.7. The Balaban J connectivity index is 1.64. The van der Waals surface area contributed by atoms with E-state index in [4.69, 9.17) is 9.47 Å². The largest absolute Gasteiger partial charge is 0.497 e. The summed E-state index contributed by atoms with van der Waals surface area (Å²) in [6.45, 7) is 2.29. The number of aryl methyl sites for hydroxylation is 1. The molecule has 2 atom stereocenters. The Labute approximate surface area is 175 Å². The zero-order valence-corrected chi connectivity index (χ0v) is 17.9. The van der Waals surface area contributed by atoms with Gasteiger partial charge in [0.1, 0.15) is 5.75 Å². The maximum absolute atomic E-state index is 5.87. The minimum atomic E-state index is 0.214. The van der Waals surface area contributed by atoms with Crippen LogP contribution in [0.2, 0.25) is 0 Å². The summed E-state index contributed by atoms with van der Waals surface area (Å²) in [5.74, 6) is 0.940. The number of hydrogen-bond donors (Lipinski definition) is 0. The third kappa shape index (κ3) is 4.18. The first-order chi connectivity index (χ1) is 14.1. The SMILES string of the molecule is COc1cccc(CCC2=C3C[C@H](OC)C[C@]3(Cc3ccccc3)CC=C2C)c1. The lowest BCUT2D eigenvalue weighted by Crippen LogP contribution is -2.26. The number of allylic oxidation sites excluding steroid dienone is 3. The van der Waals surface area contributed by atoms with Gasteiger partial charge in [-0.25, -0.2) is 0 Å². The molecule has 0 N–H and O–H groups in total. The van der Waals surface area contributed by atoms with Crippen molar-refractivity contribution >= 4 is 0 Å². The van der Waals surface area contributed by atoms with E-state index in [-0.39, 0.29) is 5.41 Å². The summed E-state index contributed by atoms with van der Waals surface area (Å²) < 4.78 is 11.3. The molecule has 4 rings (SSSR count). The van der Waals surface area contributed by atoms with Crippen molar-refractivity contribution in [3.05, 3.63) is 88.5 Å². The number of rotatable bonds is 7. The molecule has 0 aliphatic heterocycles. The predicted molar refractivity (Wildman–Crippen MR) is 119 cm³/mol. The van der Waals surface area contributed by atoms with Crippen molar-refractivity contribution in [3.63, 3.8) is 0 Å². The average molecular weight is 389 g/mol. The molecule has 0 bridgehead atoms. The van der Waals surface area contributed by atoms with E-state index in [1.807, 2.05) is 13.2 Å².